The van der Waals surface area contributed by atoms with Gasteiger partial charge in [-0.1, -0.05) is 43.2 Å². The van der Waals surface area contributed by atoms with Gasteiger partial charge in [-0.3, -0.25) is 9.69 Å². The van der Waals surface area contributed by atoms with E-state index < -0.39 is 26.9 Å². The number of allylic oxidation sites excluding steroid dienone is 1. The highest BCUT2D eigenvalue weighted by Crippen LogP contribution is 2.44. The quantitative estimate of drug-likeness (QED) is 0.109. The summed E-state index contributed by atoms with van der Waals surface area (Å²) in [6.45, 7) is 8.72. The van der Waals surface area contributed by atoms with Crippen molar-refractivity contribution in [2.45, 2.75) is 50.5 Å². The van der Waals surface area contributed by atoms with Crippen molar-refractivity contribution in [3.8, 4) is 23.3 Å². The minimum Gasteiger partial charge on any atom is -0.489 e. The van der Waals surface area contributed by atoms with Gasteiger partial charge in [0.25, 0.3) is 15.9 Å². The van der Waals surface area contributed by atoms with Gasteiger partial charge in [-0.15, -0.1) is 4.91 Å². The minimum atomic E-state index is -4.54. The number of H-pyrrole nitrogens is 1. The fourth-order valence-electron chi connectivity index (χ4n) is 7.93. The number of hydrogen-bond acceptors (Lipinski definition) is 12. The molecule has 0 bridgehead atoms. The van der Waals surface area contributed by atoms with Gasteiger partial charge in [0.15, 0.2) is 0 Å². The second-order valence-corrected chi connectivity index (χ2v) is 18.0. The first-order valence-corrected chi connectivity index (χ1v) is 21.3. The summed E-state index contributed by atoms with van der Waals surface area (Å²) in [6, 6.07) is 20.7. The average Bonchev–Trinajstić information content (AvgIpc) is 3.70. The van der Waals surface area contributed by atoms with Crippen LogP contribution in [-0.2, 0) is 10.0 Å². The number of nitrogens with one attached hydrogen (secondary N) is 3. The highest BCUT2D eigenvalue weighted by molar-refractivity contribution is 7.90. The van der Waals surface area contributed by atoms with Crippen molar-refractivity contribution >= 4 is 61.2 Å². The Kier molecular flexibility index (Phi) is 11.1. The number of aromatic nitrogens is 2. The van der Waals surface area contributed by atoms with E-state index in [-0.39, 0.29) is 46.9 Å². The third-order valence-corrected chi connectivity index (χ3v) is 12.7. The molecule has 2 aromatic heterocycles. The Morgan fingerprint density at radius 2 is 1.90 bits per heavy atom. The van der Waals surface area contributed by atoms with Gasteiger partial charge < -0.3 is 24.7 Å². The number of nitriles is 1. The molecule has 14 nitrogen and oxygen atoms in total. The van der Waals surface area contributed by atoms with Crippen molar-refractivity contribution in [3.05, 3.63) is 106 Å². The van der Waals surface area contributed by atoms with Crippen LogP contribution in [0.5, 0.6) is 17.2 Å². The van der Waals surface area contributed by atoms with E-state index >= 15 is 0 Å². The second kappa shape index (κ2) is 16.4. The SMILES string of the molecule is CC1(C)CCC(CN2CCN(c3ccc(C(=O)NS(=O)(=O)c4cc(N=O)c5c(c4)OC[C@@H](CC#N)N5)c(Oc4cnc5[nH]ccc5c4)c3)CC2)=C(c2ccc(Cl)cc2)C1. The number of sulfonamides is 1. The number of fused-ring (bicyclic) bond motifs is 2. The average molecular weight is 835 g/mol. The largest absolute Gasteiger partial charge is 0.489 e. The zero-order valence-corrected chi connectivity index (χ0v) is 34.2. The van der Waals surface area contributed by atoms with E-state index in [1.165, 1.54) is 29.0 Å². The zero-order valence-electron chi connectivity index (χ0n) is 32.6. The summed E-state index contributed by atoms with van der Waals surface area (Å²) >= 11 is 6.23. The van der Waals surface area contributed by atoms with E-state index in [1.807, 2.05) is 24.3 Å². The first-order chi connectivity index (χ1) is 28.4. The molecule has 59 heavy (non-hydrogen) atoms. The Balaban J connectivity index is 1.03. The molecule has 1 aliphatic carbocycles. The van der Waals surface area contributed by atoms with Crippen molar-refractivity contribution in [1.82, 2.24) is 19.6 Å². The number of rotatable bonds is 11. The maximum atomic E-state index is 13.9. The van der Waals surface area contributed by atoms with Crippen LogP contribution in [0.15, 0.2) is 94.8 Å². The number of halogens is 1. The van der Waals surface area contributed by atoms with Crippen LogP contribution >= 0.6 is 11.6 Å². The van der Waals surface area contributed by atoms with Crippen LogP contribution in [0.25, 0.3) is 16.6 Å². The van der Waals surface area contributed by atoms with E-state index in [4.69, 9.17) is 26.3 Å². The number of carbonyl (C=O) groups is 1. The Morgan fingerprint density at radius 1 is 1.10 bits per heavy atom. The number of piperazine rings is 1. The Labute approximate surface area is 347 Å². The van der Waals surface area contributed by atoms with Crippen molar-refractivity contribution in [2.24, 2.45) is 10.6 Å². The molecule has 1 fully saturated rings. The number of hydrogen-bond donors (Lipinski definition) is 3. The zero-order chi connectivity index (χ0) is 41.3. The van der Waals surface area contributed by atoms with Gasteiger partial charge >= 0.3 is 0 Å². The summed E-state index contributed by atoms with van der Waals surface area (Å²) in [5.74, 6) is -0.397. The molecule has 3 N–H and O–H groups in total. The molecule has 1 saturated heterocycles. The number of benzene rings is 3. The molecule has 0 radical (unpaired) electrons. The third kappa shape index (κ3) is 8.75. The van der Waals surface area contributed by atoms with Gasteiger partial charge in [-0.25, -0.2) is 18.1 Å². The van der Waals surface area contributed by atoms with E-state index in [2.05, 4.69) is 61.0 Å². The predicted molar refractivity (Wildman–Crippen MR) is 227 cm³/mol. The molecule has 0 saturated carbocycles. The summed E-state index contributed by atoms with van der Waals surface area (Å²) < 4.78 is 41.5. The Morgan fingerprint density at radius 3 is 2.66 bits per heavy atom. The van der Waals surface area contributed by atoms with Crippen LogP contribution in [0.3, 0.4) is 0 Å². The number of anilines is 2. The molecule has 4 heterocycles. The highest BCUT2D eigenvalue weighted by atomic mass is 35.5. The molecule has 5 aromatic rings. The lowest BCUT2D eigenvalue weighted by Crippen LogP contribution is -2.47. The van der Waals surface area contributed by atoms with E-state index in [1.54, 1.807) is 30.5 Å². The topological polar surface area (TPSA) is 182 Å². The molecule has 8 rings (SSSR count). The third-order valence-electron chi connectivity index (χ3n) is 11.2. The highest BCUT2D eigenvalue weighted by Gasteiger charge is 2.31. The van der Waals surface area contributed by atoms with Gasteiger partial charge in [-0.05, 0) is 83.5 Å². The van der Waals surface area contributed by atoms with Crippen LogP contribution < -0.4 is 24.4 Å². The van der Waals surface area contributed by atoms with Gasteiger partial charge in [0, 0.05) is 67.1 Å². The van der Waals surface area contributed by atoms with Gasteiger partial charge in [0.2, 0.25) is 0 Å². The van der Waals surface area contributed by atoms with Crippen LogP contribution in [0.1, 0.15) is 55.5 Å². The van der Waals surface area contributed by atoms with Gasteiger partial charge in [0.1, 0.15) is 40.9 Å². The number of amides is 1. The fraction of sp³-hybridized carbons (Fsp3) is 0.326. The molecule has 3 aromatic carbocycles. The fourth-order valence-corrected chi connectivity index (χ4v) is 9.06. The molecular weight excluding hydrogens is 792 g/mol. The Hall–Kier alpha value is -5.95. The van der Waals surface area contributed by atoms with Gasteiger partial charge in [-0.2, -0.15) is 5.26 Å². The molecule has 16 heteroatoms. The normalized spacial score (nSPS) is 18.0. The lowest BCUT2D eigenvalue weighted by Gasteiger charge is -2.39. The van der Waals surface area contributed by atoms with E-state index in [9.17, 15) is 18.1 Å². The maximum Gasteiger partial charge on any atom is 0.268 e. The first-order valence-electron chi connectivity index (χ1n) is 19.4. The number of carbonyl (C=O) groups excluding carboxylic acids is 1. The van der Waals surface area contributed by atoms with Crippen LogP contribution in [0.2, 0.25) is 5.02 Å². The number of ether oxygens (including phenoxy) is 2. The lowest BCUT2D eigenvalue weighted by molar-refractivity contribution is 0.0979. The second-order valence-electron chi connectivity index (χ2n) is 15.9. The molecule has 3 aliphatic rings. The van der Waals surface area contributed by atoms with Crippen LogP contribution in [-0.4, -0.2) is 74.6 Å². The minimum absolute atomic E-state index is 0.0315. The summed E-state index contributed by atoms with van der Waals surface area (Å²) in [6.07, 6.45) is 6.58. The smallest absolute Gasteiger partial charge is 0.268 e. The van der Waals surface area contributed by atoms with Crippen molar-refractivity contribution < 1.29 is 22.7 Å². The van der Waals surface area contributed by atoms with Crippen LogP contribution in [0.4, 0.5) is 17.1 Å². The first kappa shape index (κ1) is 39.9. The van der Waals surface area contributed by atoms with E-state index in [0.29, 0.717) is 11.4 Å². The maximum absolute atomic E-state index is 13.9. The van der Waals surface area contributed by atoms with Crippen LogP contribution in [0, 0.1) is 21.7 Å². The number of aromatic amines is 1. The molecule has 0 unspecified atom stereocenters. The summed E-state index contributed by atoms with van der Waals surface area (Å²) in [5, 5.41) is 16.6. The molecule has 304 valence electrons. The predicted octanol–water partition coefficient (Wildman–Crippen LogP) is 8.40. The summed E-state index contributed by atoms with van der Waals surface area (Å²) in [5.41, 5.74) is 5.72. The standard InChI is InChI=1S/C43H43ClN8O6S/c1-43(2)12-9-29(36(23-43)27-3-5-30(44)6-4-27)25-51-15-17-52(18-16-51)32-7-8-35(38(20-32)58-33-19-28-11-14-46-41(28)47-24-33)42(53)50-59(55,56)34-21-37(49-54)40-39(22-34)57-26-31(48-40)10-13-45/h3-8,11,14,19-22,24,31,48H,9-10,12,15-18,23,25-26H2,1-2H3,(H,46,47)(H,50,53)/t31-/m1/s1. The lowest BCUT2D eigenvalue weighted by atomic mass is 9.72. The molecule has 1 amide bonds. The number of nitroso groups, excluding NO2 is 1. The summed E-state index contributed by atoms with van der Waals surface area (Å²) in [4.78, 5) is 37.5. The Bertz CT molecular complexity index is 2610. The molecule has 0 spiro atoms. The van der Waals surface area contributed by atoms with Gasteiger partial charge in [0.05, 0.1) is 35.2 Å². The van der Waals surface area contributed by atoms with Crippen molar-refractivity contribution in [2.75, 3.05) is 49.5 Å². The number of nitrogens with zero attached hydrogens (tertiary/aromatic N) is 5. The molecule has 1 atom stereocenters. The molecule has 2 aliphatic heterocycles. The van der Waals surface area contributed by atoms with E-state index in [0.717, 1.165) is 74.1 Å². The monoisotopic (exact) mass is 834 g/mol. The molecular formula is C43H43ClN8O6S. The number of pyridine rings is 1. The van der Waals surface area contributed by atoms with Crippen molar-refractivity contribution in [3.63, 3.8) is 0 Å². The van der Waals surface area contributed by atoms with Crippen molar-refractivity contribution in [1.29, 1.82) is 5.26 Å². The summed E-state index contributed by atoms with van der Waals surface area (Å²) in [7, 11) is -4.54.